The van der Waals surface area contributed by atoms with Crippen LogP contribution in [0.2, 0.25) is 0 Å². The van der Waals surface area contributed by atoms with Gasteiger partial charge in [-0.1, -0.05) is 20.8 Å². The molecule has 2 unspecified atom stereocenters. The molecular weight excluding hydrogens is 187 g/mol. The van der Waals surface area contributed by atoms with E-state index < -0.39 is 18.1 Å². The molecule has 1 N–H and O–H groups in total. The van der Waals surface area contributed by atoms with E-state index in [-0.39, 0.29) is 0 Å². The predicted molar refractivity (Wildman–Crippen MR) is 55.2 cm³/mol. The van der Waals surface area contributed by atoms with Crippen molar-refractivity contribution in [2.45, 2.75) is 40.0 Å². The van der Waals surface area contributed by atoms with E-state index in [1.165, 1.54) is 6.66 Å². The zero-order valence-corrected chi connectivity index (χ0v) is 10.3. The molecule has 0 aliphatic rings. The Balaban J connectivity index is 4.93. The van der Waals surface area contributed by atoms with Gasteiger partial charge in [-0.25, -0.2) is 0 Å². The molecule has 80 valence electrons. The highest BCUT2D eigenvalue weighted by molar-refractivity contribution is 7.59. The molecule has 0 aromatic carbocycles. The first-order chi connectivity index (χ1) is 5.56. The van der Waals surface area contributed by atoms with Gasteiger partial charge in [0.05, 0.1) is 6.61 Å². The molecule has 13 heavy (non-hydrogen) atoms. The first kappa shape index (κ1) is 13.2. The molecule has 0 aromatic heterocycles. The van der Waals surface area contributed by atoms with Crippen LogP contribution in [0.3, 0.4) is 0 Å². The molecule has 0 fully saturated rings. The van der Waals surface area contributed by atoms with Crippen LogP contribution in [0.1, 0.15) is 34.6 Å². The van der Waals surface area contributed by atoms with Gasteiger partial charge in [0.2, 0.25) is 7.37 Å². The number of hydrogen-bond donors (Lipinski definition) is 1. The standard InChI is InChI=1S/C9H21O3P/c1-7-12-13(6,11)9(5,10)8(2,3)4/h10H,7H2,1-6H3. The van der Waals surface area contributed by atoms with Crippen molar-refractivity contribution in [3.63, 3.8) is 0 Å². The highest BCUT2D eigenvalue weighted by Crippen LogP contribution is 2.61. The SMILES string of the molecule is CCOP(C)(=O)C(C)(O)C(C)(C)C. The van der Waals surface area contributed by atoms with E-state index in [9.17, 15) is 9.67 Å². The summed E-state index contributed by atoms with van der Waals surface area (Å²) in [5.41, 5.74) is -0.452. The Bertz CT molecular complexity index is 215. The summed E-state index contributed by atoms with van der Waals surface area (Å²) in [5.74, 6) is 0. The van der Waals surface area contributed by atoms with Crippen molar-refractivity contribution in [1.82, 2.24) is 0 Å². The van der Waals surface area contributed by atoms with Crippen LogP contribution in [-0.4, -0.2) is 23.7 Å². The number of aliphatic hydroxyl groups is 1. The molecule has 0 spiro atoms. The minimum Gasteiger partial charge on any atom is -0.379 e. The van der Waals surface area contributed by atoms with Gasteiger partial charge in [-0.15, -0.1) is 0 Å². The van der Waals surface area contributed by atoms with Crippen molar-refractivity contribution in [3.8, 4) is 0 Å². The summed E-state index contributed by atoms with van der Waals surface area (Å²) in [4.78, 5) is 0. The van der Waals surface area contributed by atoms with Gasteiger partial charge < -0.3 is 9.63 Å². The molecule has 0 rings (SSSR count). The minimum absolute atomic E-state index is 0.361. The van der Waals surface area contributed by atoms with E-state index >= 15 is 0 Å². The maximum atomic E-state index is 12.0. The molecule has 0 saturated carbocycles. The van der Waals surface area contributed by atoms with Crippen LogP contribution in [0.4, 0.5) is 0 Å². The van der Waals surface area contributed by atoms with Crippen molar-refractivity contribution in [1.29, 1.82) is 0 Å². The van der Waals surface area contributed by atoms with Gasteiger partial charge in [-0.2, -0.15) is 0 Å². The Morgan fingerprint density at radius 3 is 1.92 bits per heavy atom. The highest BCUT2D eigenvalue weighted by atomic mass is 31.2. The summed E-state index contributed by atoms with van der Waals surface area (Å²) in [6.45, 7) is 10.7. The summed E-state index contributed by atoms with van der Waals surface area (Å²) in [6.07, 6.45) is 0. The topological polar surface area (TPSA) is 46.5 Å². The maximum absolute atomic E-state index is 12.0. The average Bonchev–Trinajstić information content (AvgIpc) is 1.84. The van der Waals surface area contributed by atoms with Crippen LogP contribution in [-0.2, 0) is 9.09 Å². The van der Waals surface area contributed by atoms with Crippen molar-refractivity contribution in [3.05, 3.63) is 0 Å². The monoisotopic (exact) mass is 208 g/mol. The van der Waals surface area contributed by atoms with Crippen molar-refractivity contribution < 1.29 is 14.2 Å². The Morgan fingerprint density at radius 2 is 1.69 bits per heavy atom. The predicted octanol–water partition coefficient (Wildman–Crippen LogP) is 2.69. The Hall–Kier alpha value is 0.150. The molecule has 0 amide bonds. The van der Waals surface area contributed by atoms with E-state index in [1.807, 2.05) is 20.8 Å². The molecular formula is C9H21O3P. The Kier molecular flexibility index (Phi) is 3.76. The van der Waals surface area contributed by atoms with E-state index in [4.69, 9.17) is 4.52 Å². The lowest BCUT2D eigenvalue weighted by atomic mass is 9.90. The third-order valence-electron chi connectivity index (χ3n) is 2.59. The molecule has 0 aliphatic heterocycles. The second kappa shape index (κ2) is 3.72. The molecule has 0 saturated heterocycles. The zero-order valence-electron chi connectivity index (χ0n) is 9.42. The summed E-state index contributed by atoms with van der Waals surface area (Å²) in [7, 11) is -2.96. The smallest absolute Gasteiger partial charge is 0.230 e. The lowest BCUT2D eigenvalue weighted by Crippen LogP contribution is -2.39. The third kappa shape index (κ3) is 2.55. The maximum Gasteiger partial charge on any atom is 0.230 e. The molecule has 4 heteroatoms. The minimum atomic E-state index is -2.96. The Labute approximate surface area is 80.9 Å². The lowest BCUT2D eigenvalue weighted by Gasteiger charge is -2.40. The van der Waals surface area contributed by atoms with Crippen LogP contribution in [0.15, 0.2) is 0 Å². The van der Waals surface area contributed by atoms with E-state index in [2.05, 4.69) is 0 Å². The third-order valence-corrected chi connectivity index (χ3v) is 5.59. The number of rotatable bonds is 3. The fraction of sp³-hybridized carbons (Fsp3) is 1.00. The van der Waals surface area contributed by atoms with Crippen LogP contribution in [0.5, 0.6) is 0 Å². The first-order valence-corrected chi connectivity index (χ1v) is 6.58. The van der Waals surface area contributed by atoms with Crippen LogP contribution < -0.4 is 0 Å². The second-order valence-electron chi connectivity index (χ2n) is 4.53. The summed E-state index contributed by atoms with van der Waals surface area (Å²) < 4.78 is 17.1. The van der Waals surface area contributed by atoms with Crippen molar-refractivity contribution >= 4 is 7.37 Å². The highest BCUT2D eigenvalue weighted by Gasteiger charge is 2.48. The van der Waals surface area contributed by atoms with Gasteiger partial charge in [-0.05, 0) is 19.3 Å². The van der Waals surface area contributed by atoms with Gasteiger partial charge in [0.1, 0.15) is 5.34 Å². The number of hydrogen-bond acceptors (Lipinski definition) is 3. The first-order valence-electron chi connectivity index (χ1n) is 4.51. The van der Waals surface area contributed by atoms with Crippen LogP contribution in [0.25, 0.3) is 0 Å². The van der Waals surface area contributed by atoms with Crippen LogP contribution >= 0.6 is 7.37 Å². The summed E-state index contributed by atoms with van der Waals surface area (Å²) >= 11 is 0. The largest absolute Gasteiger partial charge is 0.379 e. The lowest BCUT2D eigenvalue weighted by molar-refractivity contribution is 0.0201. The summed E-state index contributed by atoms with van der Waals surface area (Å²) in [5, 5.41) is 8.84. The quantitative estimate of drug-likeness (QED) is 0.725. The normalized spacial score (nSPS) is 22.1. The molecule has 0 bridgehead atoms. The van der Waals surface area contributed by atoms with Gasteiger partial charge >= 0.3 is 0 Å². The van der Waals surface area contributed by atoms with E-state index in [1.54, 1.807) is 13.8 Å². The van der Waals surface area contributed by atoms with Gasteiger partial charge in [0.15, 0.2) is 0 Å². The van der Waals surface area contributed by atoms with Crippen molar-refractivity contribution in [2.75, 3.05) is 13.3 Å². The van der Waals surface area contributed by atoms with Gasteiger partial charge in [0, 0.05) is 6.66 Å². The molecule has 0 aromatic rings. The van der Waals surface area contributed by atoms with Gasteiger partial charge in [-0.3, -0.25) is 4.57 Å². The summed E-state index contributed by atoms with van der Waals surface area (Å²) in [6, 6.07) is 0. The fourth-order valence-corrected chi connectivity index (χ4v) is 2.94. The molecule has 0 radical (unpaired) electrons. The van der Waals surface area contributed by atoms with Gasteiger partial charge in [0.25, 0.3) is 0 Å². The molecule has 3 nitrogen and oxygen atoms in total. The average molecular weight is 208 g/mol. The fourth-order valence-electron chi connectivity index (χ4n) is 0.981. The second-order valence-corrected chi connectivity index (χ2v) is 7.36. The van der Waals surface area contributed by atoms with Crippen LogP contribution in [0, 0.1) is 5.41 Å². The molecule has 0 heterocycles. The Morgan fingerprint density at radius 1 is 1.31 bits per heavy atom. The molecule has 2 atom stereocenters. The molecule has 0 aliphatic carbocycles. The van der Waals surface area contributed by atoms with E-state index in [0.717, 1.165) is 0 Å². The van der Waals surface area contributed by atoms with E-state index in [0.29, 0.717) is 6.61 Å². The van der Waals surface area contributed by atoms with Crippen molar-refractivity contribution in [2.24, 2.45) is 5.41 Å². The zero-order chi connectivity index (χ0) is 10.9.